The minimum atomic E-state index is 0.456. The van der Waals surface area contributed by atoms with Crippen LogP contribution in [-0.4, -0.2) is 28.8 Å². The average molecular weight is 382 g/mol. The van der Waals surface area contributed by atoms with Crippen molar-refractivity contribution in [2.24, 2.45) is 4.99 Å². The number of guanidine groups is 1. The highest BCUT2D eigenvalue weighted by Crippen LogP contribution is 2.17. The quantitative estimate of drug-likeness (QED) is 0.460. The van der Waals surface area contributed by atoms with Gasteiger partial charge in [-0.05, 0) is 52.4 Å². The average Bonchev–Trinajstić information content (AvgIpc) is 3.38. The number of benzene rings is 1. The fraction of sp³-hybridized carbons (Fsp3) is 0.333. The van der Waals surface area contributed by atoms with E-state index >= 15 is 0 Å². The monoisotopic (exact) mass is 381 g/mol. The van der Waals surface area contributed by atoms with E-state index in [0.29, 0.717) is 12.5 Å². The van der Waals surface area contributed by atoms with E-state index in [2.05, 4.69) is 70.7 Å². The second-order valence-electron chi connectivity index (χ2n) is 6.56. The molecule has 1 unspecified atom stereocenters. The number of nitrogens with one attached hydrogen (secondary N) is 2. The van der Waals surface area contributed by atoms with Gasteiger partial charge in [0.25, 0.3) is 0 Å². The van der Waals surface area contributed by atoms with E-state index in [1.165, 1.54) is 16.7 Å². The van der Waals surface area contributed by atoms with E-state index < -0.39 is 0 Å². The first-order valence-electron chi connectivity index (χ1n) is 9.34. The summed E-state index contributed by atoms with van der Waals surface area (Å²) in [4.78, 5) is 4.75. The van der Waals surface area contributed by atoms with Gasteiger partial charge in [0.1, 0.15) is 0 Å². The van der Waals surface area contributed by atoms with Crippen LogP contribution in [0.4, 0.5) is 0 Å². The van der Waals surface area contributed by atoms with E-state index in [0.717, 1.165) is 25.6 Å². The van der Waals surface area contributed by atoms with Crippen molar-refractivity contribution in [3.8, 4) is 0 Å². The summed E-state index contributed by atoms with van der Waals surface area (Å²) in [6.07, 6.45) is 3.78. The zero-order chi connectivity index (χ0) is 18.9. The van der Waals surface area contributed by atoms with Crippen LogP contribution in [0.25, 0.3) is 0 Å². The van der Waals surface area contributed by atoms with Crippen molar-refractivity contribution in [2.75, 3.05) is 13.1 Å². The fourth-order valence-corrected chi connectivity index (χ4v) is 3.62. The third-order valence-corrected chi connectivity index (χ3v) is 5.05. The summed E-state index contributed by atoms with van der Waals surface area (Å²) in [6.45, 7) is 7.46. The van der Waals surface area contributed by atoms with Crippen LogP contribution in [0.15, 0.2) is 64.5 Å². The molecule has 2 heterocycles. The molecule has 2 aromatic heterocycles. The van der Waals surface area contributed by atoms with Gasteiger partial charge in [-0.15, -0.1) is 0 Å². The molecule has 0 radical (unpaired) electrons. The number of nitrogens with zero attached hydrogens (tertiary/aromatic N) is 3. The predicted octanol–water partition coefficient (Wildman–Crippen LogP) is 3.85. The molecule has 3 rings (SSSR count). The molecule has 1 aromatic carbocycles. The highest BCUT2D eigenvalue weighted by atomic mass is 32.1. The molecule has 0 amide bonds. The first kappa shape index (κ1) is 19.2. The summed E-state index contributed by atoms with van der Waals surface area (Å²) < 4.78 is 1.93. The van der Waals surface area contributed by atoms with Gasteiger partial charge in [0.05, 0.1) is 13.1 Å². The smallest absolute Gasteiger partial charge is 0.191 e. The van der Waals surface area contributed by atoms with Gasteiger partial charge in [-0.2, -0.15) is 16.4 Å². The molecule has 0 aliphatic carbocycles. The Kier molecular flexibility index (Phi) is 7.04. The Bertz CT molecular complexity index is 824. The summed E-state index contributed by atoms with van der Waals surface area (Å²) in [6, 6.07) is 12.7. The number of hydrogen-bond acceptors (Lipinski definition) is 3. The van der Waals surface area contributed by atoms with Gasteiger partial charge in [0.15, 0.2) is 5.96 Å². The van der Waals surface area contributed by atoms with E-state index in [1.54, 1.807) is 17.5 Å². The summed E-state index contributed by atoms with van der Waals surface area (Å²) in [5.74, 6) is 1.31. The van der Waals surface area contributed by atoms with Crippen LogP contribution in [0.1, 0.15) is 36.5 Å². The van der Waals surface area contributed by atoms with Crippen LogP contribution in [0.5, 0.6) is 0 Å². The van der Waals surface area contributed by atoms with Crippen LogP contribution >= 0.6 is 11.3 Å². The second kappa shape index (κ2) is 9.92. The Balaban J connectivity index is 1.59. The maximum atomic E-state index is 4.75. The molecule has 0 fully saturated rings. The first-order valence-corrected chi connectivity index (χ1v) is 10.3. The third kappa shape index (κ3) is 5.96. The van der Waals surface area contributed by atoms with Crippen LogP contribution in [0.3, 0.4) is 0 Å². The van der Waals surface area contributed by atoms with Crippen LogP contribution in [0.2, 0.25) is 0 Å². The molecular formula is C21H27N5S. The molecule has 1 atom stereocenters. The van der Waals surface area contributed by atoms with E-state index in [4.69, 9.17) is 4.99 Å². The lowest BCUT2D eigenvalue weighted by molar-refractivity contribution is 0.686. The number of aliphatic imine (C=N–C) groups is 1. The van der Waals surface area contributed by atoms with Gasteiger partial charge in [-0.25, -0.2) is 4.99 Å². The molecule has 6 heteroatoms. The van der Waals surface area contributed by atoms with Gasteiger partial charge < -0.3 is 10.6 Å². The molecule has 0 bridgehead atoms. The summed E-state index contributed by atoms with van der Waals surface area (Å²) >= 11 is 1.74. The van der Waals surface area contributed by atoms with Gasteiger partial charge in [-0.1, -0.05) is 31.2 Å². The van der Waals surface area contributed by atoms with Crippen molar-refractivity contribution in [1.29, 1.82) is 0 Å². The molecule has 3 aromatic rings. The van der Waals surface area contributed by atoms with E-state index in [-0.39, 0.29) is 0 Å². The maximum Gasteiger partial charge on any atom is 0.191 e. The Hall–Kier alpha value is -2.60. The van der Waals surface area contributed by atoms with Gasteiger partial charge in [-0.3, -0.25) is 4.68 Å². The standard InChI is InChI=1S/C21H27N5S/c1-3-22-21(23-13-17(2)20-8-11-27-16-20)24-14-18-6-4-7-19(12-18)15-26-10-5-9-25-26/h4-12,16-17H,3,13-15H2,1-2H3,(H2,22,23,24). The molecule has 2 N–H and O–H groups in total. The van der Waals surface area contributed by atoms with Crippen molar-refractivity contribution in [3.05, 3.63) is 76.2 Å². The highest BCUT2D eigenvalue weighted by Gasteiger charge is 2.07. The molecule has 0 aliphatic heterocycles. The fourth-order valence-electron chi connectivity index (χ4n) is 2.84. The molecule has 142 valence electrons. The summed E-state index contributed by atoms with van der Waals surface area (Å²) in [5.41, 5.74) is 3.80. The molecule has 0 saturated carbocycles. The lowest BCUT2D eigenvalue weighted by atomic mass is 10.1. The number of rotatable bonds is 8. The lowest BCUT2D eigenvalue weighted by Crippen LogP contribution is -2.39. The Morgan fingerprint density at radius 2 is 2.11 bits per heavy atom. The third-order valence-electron chi connectivity index (χ3n) is 4.35. The number of hydrogen-bond donors (Lipinski definition) is 2. The van der Waals surface area contributed by atoms with Crippen molar-refractivity contribution >= 4 is 17.3 Å². The Morgan fingerprint density at radius 3 is 2.85 bits per heavy atom. The minimum Gasteiger partial charge on any atom is -0.357 e. The van der Waals surface area contributed by atoms with Gasteiger partial charge >= 0.3 is 0 Å². The number of aromatic nitrogens is 2. The van der Waals surface area contributed by atoms with Crippen molar-refractivity contribution in [1.82, 2.24) is 20.4 Å². The molecular weight excluding hydrogens is 354 g/mol. The van der Waals surface area contributed by atoms with Crippen LogP contribution in [0, 0.1) is 0 Å². The molecule has 0 spiro atoms. The van der Waals surface area contributed by atoms with Crippen LogP contribution in [-0.2, 0) is 13.1 Å². The SMILES string of the molecule is CCNC(=NCc1cccc(Cn2cccn2)c1)NCC(C)c1ccsc1. The van der Waals surface area contributed by atoms with E-state index in [9.17, 15) is 0 Å². The maximum absolute atomic E-state index is 4.75. The Morgan fingerprint density at radius 1 is 1.22 bits per heavy atom. The summed E-state index contributed by atoms with van der Waals surface area (Å²) in [5, 5.41) is 15.4. The van der Waals surface area contributed by atoms with Crippen molar-refractivity contribution in [2.45, 2.75) is 32.9 Å². The van der Waals surface area contributed by atoms with Crippen molar-refractivity contribution < 1.29 is 0 Å². The van der Waals surface area contributed by atoms with Crippen molar-refractivity contribution in [3.63, 3.8) is 0 Å². The normalized spacial score (nSPS) is 12.7. The molecule has 0 aliphatic rings. The largest absolute Gasteiger partial charge is 0.357 e. The molecule has 0 saturated heterocycles. The first-order chi connectivity index (χ1) is 13.2. The Labute approximate surface area is 165 Å². The second-order valence-corrected chi connectivity index (χ2v) is 7.34. The topological polar surface area (TPSA) is 54.2 Å². The predicted molar refractivity (Wildman–Crippen MR) is 113 cm³/mol. The lowest BCUT2D eigenvalue weighted by Gasteiger charge is -2.15. The van der Waals surface area contributed by atoms with Gasteiger partial charge in [0, 0.05) is 25.5 Å². The van der Waals surface area contributed by atoms with E-state index in [1.807, 2.05) is 16.9 Å². The molecule has 27 heavy (non-hydrogen) atoms. The highest BCUT2D eigenvalue weighted by molar-refractivity contribution is 7.07. The van der Waals surface area contributed by atoms with Crippen LogP contribution < -0.4 is 10.6 Å². The number of thiophene rings is 1. The zero-order valence-corrected chi connectivity index (χ0v) is 16.7. The summed E-state index contributed by atoms with van der Waals surface area (Å²) in [7, 11) is 0. The minimum absolute atomic E-state index is 0.456. The van der Waals surface area contributed by atoms with Gasteiger partial charge in [0.2, 0.25) is 0 Å². The zero-order valence-electron chi connectivity index (χ0n) is 15.9. The molecule has 5 nitrogen and oxygen atoms in total.